The smallest absolute Gasteiger partial charge is 0.263 e. The van der Waals surface area contributed by atoms with Crippen LogP contribution in [0, 0.1) is 12.7 Å². The van der Waals surface area contributed by atoms with Crippen LogP contribution < -0.4 is 9.64 Å². The highest BCUT2D eigenvalue weighted by Crippen LogP contribution is 2.29. The second-order valence-corrected chi connectivity index (χ2v) is 5.76. The maximum Gasteiger partial charge on any atom is 0.263 e. The van der Waals surface area contributed by atoms with Crippen LogP contribution in [-0.2, 0) is 0 Å². The normalized spacial score (nSPS) is 18.1. The first-order valence-corrected chi connectivity index (χ1v) is 7.81. The van der Waals surface area contributed by atoms with E-state index in [1.807, 2.05) is 6.92 Å². The molecule has 1 atom stereocenters. The van der Waals surface area contributed by atoms with Crippen LogP contribution in [0.15, 0.2) is 29.2 Å². The van der Waals surface area contributed by atoms with Gasteiger partial charge in [-0.2, -0.15) is 4.98 Å². The lowest BCUT2D eigenvalue weighted by Crippen LogP contribution is -2.42. The number of hydrogen-bond acceptors (Lipinski definition) is 7. The van der Waals surface area contributed by atoms with E-state index in [0.717, 1.165) is 36.3 Å². The number of aryl methyl sites for hydroxylation is 1. The van der Waals surface area contributed by atoms with Gasteiger partial charge >= 0.3 is 0 Å². The van der Waals surface area contributed by atoms with E-state index in [4.69, 9.17) is 9.26 Å². The average molecular weight is 329 g/mol. The van der Waals surface area contributed by atoms with E-state index in [9.17, 15) is 4.39 Å². The van der Waals surface area contributed by atoms with Crippen LogP contribution in [0.2, 0.25) is 0 Å². The van der Waals surface area contributed by atoms with E-state index in [1.165, 1.54) is 18.6 Å². The van der Waals surface area contributed by atoms with Crippen LogP contribution >= 0.6 is 0 Å². The van der Waals surface area contributed by atoms with Crippen molar-refractivity contribution in [3.8, 4) is 5.88 Å². The van der Waals surface area contributed by atoms with E-state index < -0.39 is 5.82 Å². The fourth-order valence-electron chi connectivity index (χ4n) is 2.99. The minimum atomic E-state index is -0.450. The monoisotopic (exact) mass is 329 g/mol. The van der Waals surface area contributed by atoms with Crippen molar-refractivity contribution in [1.82, 2.24) is 20.1 Å². The molecule has 0 bridgehead atoms. The summed E-state index contributed by atoms with van der Waals surface area (Å²) in [4.78, 5) is 14.6. The number of piperidine rings is 1. The van der Waals surface area contributed by atoms with Gasteiger partial charge in [-0.05, 0) is 31.9 Å². The second kappa shape index (κ2) is 6.03. The molecule has 0 spiro atoms. The molecule has 3 aromatic heterocycles. The highest BCUT2D eigenvalue weighted by atomic mass is 19.1. The number of ether oxygens (including phenoxy) is 1. The predicted octanol–water partition coefficient (Wildman–Crippen LogP) is 2.51. The van der Waals surface area contributed by atoms with E-state index in [1.54, 1.807) is 6.07 Å². The van der Waals surface area contributed by atoms with Gasteiger partial charge in [-0.25, -0.2) is 14.4 Å². The second-order valence-electron chi connectivity index (χ2n) is 5.76. The minimum absolute atomic E-state index is 0.0401. The Balaban J connectivity index is 1.58. The number of aromatic nitrogens is 4. The fourth-order valence-corrected chi connectivity index (χ4v) is 2.99. The first-order valence-electron chi connectivity index (χ1n) is 7.81. The van der Waals surface area contributed by atoms with Crippen molar-refractivity contribution in [3.05, 3.63) is 36.2 Å². The number of hydrogen-bond donors (Lipinski definition) is 0. The Morgan fingerprint density at radius 2 is 2.25 bits per heavy atom. The van der Waals surface area contributed by atoms with Gasteiger partial charge in [0.15, 0.2) is 5.82 Å². The molecule has 0 unspecified atom stereocenters. The van der Waals surface area contributed by atoms with E-state index in [-0.39, 0.29) is 12.0 Å². The molecule has 0 aromatic carbocycles. The molecule has 0 amide bonds. The van der Waals surface area contributed by atoms with Gasteiger partial charge < -0.3 is 14.2 Å². The summed E-state index contributed by atoms with van der Waals surface area (Å²) in [5.74, 6) is 0.362. The highest BCUT2D eigenvalue weighted by molar-refractivity contribution is 5.87. The Labute approximate surface area is 137 Å². The summed E-state index contributed by atoms with van der Waals surface area (Å²) in [6, 6.07) is 2.89. The van der Waals surface area contributed by atoms with Crippen molar-refractivity contribution in [2.75, 3.05) is 18.0 Å². The fraction of sp³-hybridized carbons (Fsp3) is 0.375. The summed E-state index contributed by atoms with van der Waals surface area (Å²) >= 11 is 0. The lowest BCUT2D eigenvalue weighted by atomic mass is 10.1. The van der Waals surface area contributed by atoms with Gasteiger partial charge in [0.25, 0.3) is 11.6 Å². The van der Waals surface area contributed by atoms with Crippen molar-refractivity contribution in [3.63, 3.8) is 0 Å². The molecular weight excluding hydrogens is 313 g/mol. The topological polar surface area (TPSA) is 77.2 Å². The SMILES string of the molecule is Cc1noc2ncnc(N3CCC[C@H](Oc4ncccc4F)C3)c12. The Morgan fingerprint density at radius 3 is 3.12 bits per heavy atom. The zero-order chi connectivity index (χ0) is 16.5. The molecule has 24 heavy (non-hydrogen) atoms. The minimum Gasteiger partial charge on any atom is -0.470 e. The molecule has 1 aliphatic rings. The maximum absolute atomic E-state index is 13.7. The number of anilines is 1. The van der Waals surface area contributed by atoms with Gasteiger partial charge in [0.05, 0.1) is 12.2 Å². The van der Waals surface area contributed by atoms with Crippen molar-refractivity contribution in [1.29, 1.82) is 0 Å². The van der Waals surface area contributed by atoms with E-state index >= 15 is 0 Å². The molecule has 124 valence electrons. The van der Waals surface area contributed by atoms with Crippen molar-refractivity contribution in [2.45, 2.75) is 25.9 Å². The Kier molecular flexibility index (Phi) is 3.72. The van der Waals surface area contributed by atoms with Gasteiger partial charge in [0, 0.05) is 12.7 Å². The first-order chi connectivity index (χ1) is 11.7. The van der Waals surface area contributed by atoms with Gasteiger partial charge in [0.1, 0.15) is 23.6 Å². The van der Waals surface area contributed by atoms with Crippen molar-refractivity contribution >= 4 is 16.9 Å². The van der Waals surface area contributed by atoms with Crippen LogP contribution in [0.4, 0.5) is 10.2 Å². The quantitative estimate of drug-likeness (QED) is 0.730. The standard InChI is InChI=1S/C16H16FN5O2/c1-10-13-14(19-9-20-16(13)24-21-10)22-7-3-4-11(8-22)23-15-12(17)5-2-6-18-15/h2,5-6,9,11H,3-4,7-8H2,1H3/t11-/m0/s1. The number of nitrogens with zero attached hydrogens (tertiary/aromatic N) is 5. The van der Waals surface area contributed by atoms with Crippen LogP contribution in [0.5, 0.6) is 5.88 Å². The summed E-state index contributed by atoms with van der Waals surface area (Å²) in [6.07, 6.45) is 4.57. The van der Waals surface area contributed by atoms with Crippen LogP contribution in [-0.4, -0.2) is 39.3 Å². The molecule has 4 rings (SSSR count). The Hall–Kier alpha value is -2.77. The third-order valence-corrected chi connectivity index (χ3v) is 4.10. The van der Waals surface area contributed by atoms with Crippen molar-refractivity contribution < 1.29 is 13.7 Å². The summed E-state index contributed by atoms with van der Waals surface area (Å²) in [5.41, 5.74) is 1.22. The molecule has 7 nitrogen and oxygen atoms in total. The van der Waals surface area contributed by atoms with Crippen molar-refractivity contribution in [2.24, 2.45) is 0 Å². The summed E-state index contributed by atoms with van der Waals surface area (Å²) < 4.78 is 24.7. The largest absolute Gasteiger partial charge is 0.470 e. The molecule has 0 saturated carbocycles. The number of fused-ring (bicyclic) bond motifs is 1. The third kappa shape index (κ3) is 2.64. The van der Waals surface area contributed by atoms with Gasteiger partial charge in [-0.1, -0.05) is 5.16 Å². The average Bonchev–Trinajstić information content (AvgIpc) is 2.99. The van der Waals surface area contributed by atoms with Crippen LogP contribution in [0.3, 0.4) is 0 Å². The van der Waals surface area contributed by atoms with E-state index in [0.29, 0.717) is 12.3 Å². The molecule has 0 N–H and O–H groups in total. The van der Waals surface area contributed by atoms with Crippen LogP contribution in [0.25, 0.3) is 11.1 Å². The number of rotatable bonds is 3. The summed E-state index contributed by atoms with van der Waals surface area (Å²) in [5, 5.41) is 4.76. The predicted molar refractivity (Wildman–Crippen MR) is 84.4 cm³/mol. The number of halogens is 1. The molecule has 1 aliphatic heterocycles. The van der Waals surface area contributed by atoms with Gasteiger partial charge in [-0.3, -0.25) is 0 Å². The molecule has 0 radical (unpaired) electrons. The highest BCUT2D eigenvalue weighted by Gasteiger charge is 2.26. The summed E-state index contributed by atoms with van der Waals surface area (Å²) in [7, 11) is 0. The lowest BCUT2D eigenvalue weighted by molar-refractivity contribution is 0.164. The molecular formula is C16H16FN5O2. The Bertz CT molecular complexity index is 869. The molecule has 8 heteroatoms. The number of pyridine rings is 1. The molecule has 1 saturated heterocycles. The maximum atomic E-state index is 13.7. The Morgan fingerprint density at radius 1 is 1.33 bits per heavy atom. The third-order valence-electron chi connectivity index (χ3n) is 4.10. The lowest BCUT2D eigenvalue weighted by Gasteiger charge is -2.33. The molecule has 1 fully saturated rings. The van der Waals surface area contributed by atoms with Gasteiger partial charge in [-0.15, -0.1) is 0 Å². The van der Waals surface area contributed by atoms with Gasteiger partial charge in [0.2, 0.25) is 0 Å². The van der Waals surface area contributed by atoms with E-state index in [2.05, 4.69) is 25.0 Å². The zero-order valence-corrected chi connectivity index (χ0v) is 13.1. The molecule has 0 aliphatic carbocycles. The van der Waals surface area contributed by atoms with Crippen LogP contribution in [0.1, 0.15) is 18.5 Å². The molecule has 4 heterocycles. The summed E-state index contributed by atoms with van der Waals surface area (Å²) in [6.45, 7) is 3.29. The zero-order valence-electron chi connectivity index (χ0n) is 13.1. The molecule has 3 aromatic rings. The first kappa shape index (κ1) is 14.8.